The summed E-state index contributed by atoms with van der Waals surface area (Å²) >= 11 is 3.38. The molecule has 1 aliphatic heterocycles. The lowest BCUT2D eigenvalue weighted by atomic mass is 9.75. The summed E-state index contributed by atoms with van der Waals surface area (Å²) < 4.78 is 11.9. The van der Waals surface area contributed by atoms with Crippen molar-refractivity contribution in [2.45, 2.75) is 5.92 Å². The Morgan fingerprint density at radius 1 is 0.906 bits per heavy atom. The first-order valence-electron chi connectivity index (χ1n) is 9.81. The van der Waals surface area contributed by atoms with Crippen LogP contribution in [0.3, 0.4) is 0 Å². The molecule has 0 amide bonds. The first-order chi connectivity index (χ1) is 15.5. The lowest BCUT2D eigenvalue weighted by Crippen LogP contribution is -2.40. The smallest absolute Gasteiger partial charge is 0.343 e. The van der Waals surface area contributed by atoms with Crippen molar-refractivity contribution >= 4 is 38.7 Å². The molecule has 1 aromatic heterocycles. The molecule has 0 bridgehead atoms. The van der Waals surface area contributed by atoms with Gasteiger partial charge in [0.15, 0.2) is 11.5 Å². The lowest BCUT2D eigenvalue weighted by molar-refractivity contribution is -0.138. The Labute approximate surface area is 190 Å². The highest BCUT2D eigenvalue weighted by Gasteiger charge is 2.46. The minimum Gasteiger partial charge on any atom is -0.507 e. The van der Waals surface area contributed by atoms with E-state index in [0.29, 0.717) is 10.9 Å². The zero-order valence-corrected chi connectivity index (χ0v) is 18.0. The van der Waals surface area contributed by atoms with Gasteiger partial charge in [-0.25, -0.2) is 4.79 Å². The molecular formula is C25H15BrO6. The minimum atomic E-state index is -1.37. The molecule has 0 radical (unpaired) electrons. The Bertz CT molecular complexity index is 1440. The Hall–Kier alpha value is -3.71. The van der Waals surface area contributed by atoms with Crippen LogP contribution in [0.2, 0.25) is 0 Å². The highest BCUT2D eigenvalue weighted by Crippen LogP contribution is 2.45. The highest BCUT2D eigenvalue weighted by atomic mass is 79.9. The predicted molar refractivity (Wildman–Crippen MR) is 120 cm³/mol. The average molecular weight is 491 g/mol. The van der Waals surface area contributed by atoms with Crippen molar-refractivity contribution in [3.8, 4) is 11.5 Å². The summed E-state index contributed by atoms with van der Waals surface area (Å²) in [4.78, 5) is 39.8. The summed E-state index contributed by atoms with van der Waals surface area (Å²) in [5.74, 6) is -3.92. The minimum absolute atomic E-state index is 0.0230. The van der Waals surface area contributed by atoms with Gasteiger partial charge in [-0.15, -0.1) is 0 Å². The van der Waals surface area contributed by atoms with Crippen LogP contribution in [0.25, 0.3) is 11.0 Å². The molecule has 0 unspecified atom stereocenters. The number of hydrogen-bond acceptors (Lipinski definition) is 6. The van der Waals surface area contributed by atoms with E-state index in [-0.39, 0.29) is 28.2 Å². The van der Waals surface area contributed by atoms with Gasteiger partial charge in [-0.05, 0) is 42.0 Å². The summed E-state index contributed by atoms with van der Waals surface area (Å²) in [5.41, 5.74) is 0.241. The van der Waals surface area contributed by atoms with E-state index in [4.69, 9.17) is 9.15 Å². The number of fused-ring (bicyclic) bond motifs is 3. The van der Waals surface area contributed by atoms with Crippen molar-refractivity contribution in [1.29, 1.82) is 0 Å². The number of benzene rings is 3. The number of phenols is 1. The predicted octanol–water partition coefficient (Wildman–Crippen LogP) is 4.81. The molecular weight excluding hydrogens is 476 g/mol. The number of ketones is 1. The molecule has 3 aromatic carbocycles. The van der Waals surface area contributed by atoms with Crippen LogP contribution in [0.15, 0.2) is 86.5 Å². The van der Waals surface area contributed by atoms with E-state index in [0.717, 1.165) is 4.47 Å². The van der Waals surface area contributed by atoms with Crippen LogP contribution in [-0.2, 0) is 4.79 Å². The largest absolute Gasteiger partial charge is 0.507 e. The number of Topliss-reactive ketones (excluding diaryl/α,β-unsaturated/α-hetero) is 1. The molecule has 1 aliphatic rings. The van der Waals surface area contributed by atoms with Crippen LogP contribution >= 0.6 is 15.9 Å². The summed E-state index contributed by atoms with van der Waals surface area (Å²) in [7, 11) is 0. The van der Waals surface area contributed by atoms with Gasteiger partial charge in [0.2, 0.25) is 0 Å². The second kappa shape index (κ2) is 7.76. The average Bonchev–Trinajstić information content (AvgIpc) is 2.79. The van der Waals surface area contributed by atoms with Gasteiger partial charge < -0.3 is 14.3 Å². The second-order valence-corrected chi connectivity index (χ2v) is 8.35. The monoisotopic (exact) mass is 490 g/mol. The molecule has 0 spiro atoms. The third kappa shape index (κ3) is 3.22. The maximum atomic E-state index is 13.5. The molecule has 4 aromatic rings. The fourth-order valence-corrected chi connectivity index (χ4v) is 4.38. The van der Waals surface area contributed by atoms with Crippen LogP contribution in [0.1, 0.15) is 27.4 Å². The van der Waals surface area contributed by atoms with E-state index in [9.17, 15) is 19.5 Å². The number of carbonyl (C=O) groups is 2. The van der Waals surface area contributed by atoms with Gasteiger partial charge in [0.1, 0.15) is 17.3 Å². The normalized spacial score (nSPS) is 17.6. The zero-order chi connectivity index (χ0) is 22.4. The van der Waals surface area contributed by atoms with Crippen LogP contribution < -0.4 is 10.4 Å². The zero-order valence-electron chi connectivity index (χ0n) is 16.4. The van der Waals surface area contributed by atoms with Crippen molar-refractivity contribution in [2.75, 3.05) is 0 Å². The van der Waals surface area contributed by atoms with Crippen molar-refractivity contribution in [3.05, 3.63) is 104 Å². The van der Waals surface area contributed by atoms with Crippen molar-refractivity contribution < 1.29 is 23.8 Å². The van der Waals surface area contributed by atoms with E-state index in [1.807, 2.05) is 0 Å². The molecule has 2 heterocycles. The molecule has 0 aliphatic carbocycles. The molecule has 32 heavy (non-hydrogen) atoms. The van der Waals surface area contributed by atoms with Gasteiger partial charge >= 0.3 is 11.6 Å². The van der Waals surface area contributed by atoms with E-state index in [1.165, 1.54) is 12.1 Å². The lowest BCUT2D eigenvalue weighted by Gasteiger charge is -2.31. The SMILES string of the molecule is O=C1Oc2c(c(=O)oc3ccccc23)[C@H](c2ccc(Br)cc2)[C@H]1C(=O)c1ccccc1O. The molecule has 0 saturated heterocycles. The first kappa shape index (κ1) is 20.2. The topological polar surface area (TPSA) is 93.8 Å². The number of phenolic OH excluding ortho intramolecular Hbond substituents is 1. The third-order valence-electron chi connectivity index (χ3n) is 5.58. The van der Waals surface area contributed by atoms with Crippen molar-refractivity contribution in [2.24, 2.45) is 5.92 Å². The van der Waals surface area contributed by atoms with Crippen LogP contribution in [0, 0.1) is 5.92 Å². The molecule has 158 valence electrons. The number of hydrogen-bond donors (Lipinski definition) is 1. The molecule has 1 N–H and O–H groups in total. The number of ether oxygens (including phenoxy) is 1. The number of carbonyl (C=O) groups excluding carboxylic acids is 2. The van der Waals surface area contributed by atoms with E-state index >= 15 is 0 Å². The number of esters is 1. The Morgan fingerprint density at radius 3 is 2.34 bits per heavy atom. The van der Waals surface area contributed by atoms with Crippen LogP contribution in [0.5, 0.6) is 11.5 Å². The Morgan fingerprint density at radius 2 is 1.59 bits per heavy atom. The fourth-order valence-electron chi connectivity index (χ4n) is 4.12. The maximum Gasteiger partial charge on any atom is 0.343 e. The number of halogens is 1. The molecule has 6 nitrogen and oxygen atoms in total. The fraction of sp³-hybridized carbons (Fsp3) is 0.0800. The van der Waals surface area contributed by atoms with Crippen LogP contribution in [0.4, 0.5) is 0 Å². The molecule has 7 heteroatoms. The quantitative estimate of drug-likeness (QED) is 0.191. The standard InChI is InChI=1S/C25H15BrO6/c26-14-11-9-13(10-12-14)19-20(22(28)15-5-1-3-7-17(15)27)24(29)32-23-16-6-2-4-8-18(16)31-25(30)21(19)23/h1-12,19-20,27H/t19-,20+/m1/s1. The third-order valence-corrected chi connectivity index (χ3v) is 6.11. The van der Waals surface area contributed by atoms with E-state index < -0.39 is 29.2 Å². The van der Waals surface area contributed by atoms with E-state index in [1.54, 1.807) is 60.7 Å². The summed E-state index contributed by atoms with van der Waals surface area (Å²) in [6.07, 6.45) is 0. The van der Waals surface area contributed by atoms with Gasteiger partial charge in [-0.2, -0.15) is 0 Å². The highest BCUT2D eigenvalue weighted by molar-refractivity contribution is 9.10. The first-order valence-corrected chi connectivity index (χ1v) is 10.6. The molecule has 2 atom stereocenters. The Kier molecular flexibility index (Phi) is 4.90. The van der Waals surface area contributed by atoms with Gasteiger partial charge in [0.25, 0.3) is 0 Å². The maximum absolute atomic E-state index is 13.5. The summed E-state index contributed by atoms with van der Waals surface area (Å²) in [6, 6.07) is 19.7. The molecule has 0 saturated carbocycles. The van der Waals surface area contributed by atoms with Crippen molar-refractivity contribution in [3.63, 3.8) is 0 Å². The van der Waals surface area contributed by atoms with Gasteiger partial charge in [-0.1, -0.05) is 52.3 Å². The van der Waals surface area contributed by atoms with Gasteiger partial charge in [0, 0.05) is 10.4 Å². The summed E-state index contributed by atoms with van der Waals surface area (Å²) in [5, 5.41) is 10.7. The molecule has 5 rings (SSSR count). The van der Waals surface area contributed by atoms with Gasteiger partial charge in [0.05, 0.1) is 16.5 Å². The molecule has 0 fully saturated rings. The second-order valence-electron chi connectivity index (χ2n) is 7.44. The van der Waals surface area contributed by atoms with Gasteiger partial charge in [-0.3, -0.25) is 9.59 Å². The summed E-state index contributed by atoms with van der Waals surface area (Å²) in [6.45, 7) is 0. The number of para-hydroxylation sites is 2. The number of aromatic hydroxyl groups is 1. The van der Waals surface area contributed by atoms with Crippen LogP contribution in [-0.4, -0.2) is 16.9 Å². The van der Waals surface area contributed by atoms with E-state index in [2.05, 4.69) is 15.9 Å². The van der Waals surface area contributed by atoms with Crippen molar-refractivity contribution in [1.82, 2.24) is 0 Å². The Balaban J connectivity index is 1.79. The number of rotatable bonds is 3.